The zero-order valence-corrected chi connectivity index (χ0v) is 20.5. The molecule has 1 aliphatic heterocycles. The van der Waals surface area contributed by atoms with E-state index < -0.39 is 17.7 Å². The second-order valence-electron chi connectivity index (χ2n) is 9.65. The van der Waals surface area contributed by atoms with Gasteiger partial charge in [0.15, 0.2) is 5.79 Å². The molecule has 34 heavy (non-hydrogen) atoms. The summed E-state index contributed by atoms with van der Waals surface area (Å²) in [5, 5.41) is 19.3. The maximum absolute atomic E-state index is 9.55. The van der Waals surface area contributed by atoms with Gasteiger partial charge >= 0.3 is 11.9 Å². The van der Waals surface area contributed by atoms with E-state index in [1.54, 1.807) is 0 Å². The average Bonchev–Trinajstić information content (AvgIpc) is 3.22. The van der Waals surface area contributed by atoms with Crippen LogP contribution < -0.4 is 5.32 Å². The molecule has 1 aliphatic carbocycles. The number of nitrogens with one attached hydrogen (secondary N) is 1. The van der Waals surface area contributed by atoms with E-state index in [2.05, 4.69) is 50.4 Å². The highest BCUT2D eigenvalue weighted by molar-refractivity contribution is 5.89. The lowest BCUT2D eigenvalue weighted by Gasteiger charge is -2.25. The highest BCUT2D eigenvalue weighted by atomic mass is 16.8. The number of carboxylic acids is 2. The van der Waals surface area contributed by atoms with Crippen molar-refractivity contribution in [2.45, 2.75) is 83.3 Å². The number of fused-ring (bicyclic) bond motifs is 1. The van der Waals surface area contributed by atoms with E-state index in [1.807, 2.05) is 19.9 Å². The van der Waals surface area contributed by atoms with Crippen LogP contribution in [0.4, 0.5) is 0 Å². The molecule has 1 aromatic carbocycles. The fourth-order valence-electron chi connectivity index (χ4n) is 3.83. The minimum atomic E-state index is -1.26. The normalized spacial score (nSPS) is 25.6. The van der Waals surface area contributed by atoms with Crippen LogP contribution in [-0.2, 0) is 35.1 Å². The number of ether oxygens (including phenoxy) is 4. The maximum atomic E-state index is 9.55. The third-order valence-electron chi connectivity index (χ3n) is 5.14. The topological polar surface area (TPSA) is 124 Å². The van der Waals surface area contributed by atoms with Crippen molar-refractivity contribution < 1.29 is 38.7 Å². The van der Waals surface area contributed by atoms with Crippen molar-refractivity contribution in [3.8, 4) is 0 Å². The standard InChI is InChI=1S/C21H33NO4.C4H4O4/c1-20(2,3)24-12-11-23-17-13-16(18-19(17)26-21(4,5)25-18)22-14-15-9-7-6-8-10-15;5-3(6)1-2-4(7)8/h6-10,16-19,22H,11-14H2,1-5H3;1-2H,(H,5,6)(H,7,8)/b;2-1+/t16-,17+,18+,19-;/m1./s1. The van der Waals surface area contributed by atoms with Gasteiger partial charge < -0.3 is 34.5 Å². The van der Waals surface area contributed by atoms with Gasteiger partial charge in [0, 0.05) is 24.7 Å². The Hall–Kier alpha value is -2.30. The predicted octanol–water partition coefficient (Wildman–Crippen LogP) is 2.98. The van der Waals surface area contributed by atoms with Crippen molar-refractivity contribution in [3.05, 3.63) is 48.0 Å². The zero-order chi connectivity index (χ0) is 25.4. The van der Waals surface area contributed by atoms with Crippen LogP contribution in [0.3, 0.4) is 0 Å². The summed E-state index contributed by atoms with van der Waals surface area (Å²) in [6.07, 6.45) is 2.01. The number of hydrogen-bond acceptors (Lipinski definition) is 7. The Bertz CT molecular complexity index is 802. The molecule has 0 unspecified atom stereocenters. The fraction of sp³-hybridized carbons (Fsp3) is 0.600. The second kappa shape index (κ2) is 12.4. The van der Waals surface area contributed by atoms with Crippen molar-refractivity contribution in [3.63, 3.8) is 0 Å². The number of hydrogen-bond donors (Lipinski definition) is 3. The first-order valence-electron chi connectivity index (χ1n) is 11.4. The summed E-state index contributed by atoms with van der Waals surface area (Å²) in [6, 6.07) is 10.6. The minimum Gasteiger partial charge on any atom is -0.478 e. The molecule has 2 aliphatic rings. The summed E-state index contributed by atoms with van der Waals surface area (Å²) in [7, 11) is 0. The number of carboxylic acid groups (broad SMARTS) is 2. The molecule has 0 spiro atoms. The minimum absolute atomic E-state index is 0.0160. The van der Waals surface area contributed by atoms with Gasteiger partial charge in [0.25, 0.3) is 0 Å². The summed E-state index contributed by atoms with van der Waals surface area (Å²) in [5.41, 5.74) is 1.13. The lowest BCUT2D eigenvalue weighted by Crippen LogP contribution is -2.39. The number of carbonyl (C=O) groups is 2. The van der Waals surface area contributed by atoms with Crippen LogP contribution in [0.2, 0.25) is 0 Å². The van der Waals surface area contributed by atoms with Crippen LogP contribution in [0.15, 0.2) is 42.5 Å². The Balaban J connectivity index is 0.000000440. The molecule has 4 atom stereocenters. The van der Waals surface area contributed by atoms with Gasteiger partial charge in [-0.15, -0.1) is 0 Å². The molecule has 3 rings (SSSR count). The van der Waals surface area contributed by atoms with Gasteiger partial charge in [0.2, 0.25) is 0 Å². The third kappa shape index (κ3) is 9.90. The molecule has 9 heteroatoms. The molecule has 190 valence electrons. The number of rotatable bonds is 9. The van der Waals surface area contributed by atoms with E-state index in [9.17, 15) is 9.59 Å². The quantitative estimate of drug-likeness (QED) is 0.362. The number of benzene rings is 1. The van der Waals surface area contributed by atoms with Crippen LogP contribution in [0, 0.1) is 0 Å². The largest absolute Gasteiger partial charge is 0.478 e. The summed E-state index contributed by atoms with van der Waals surface area (Å²) in [5.74, 6) is -3.08. The van der Waals surface area contributed by atoms with Gasteiger partial charge in [-0.3, -0.25) is 0 Å². The molecule has 0 bridgehead atoms. The van der Waals surface area contributed by atoms with E-state index in [0.717, 1.165) is 13.0 Å². The van der Waals surface area contributed by atoms with Gasteiger partial charge in [0.05, 0.1) is 24.9 Å². The zero-order valence-electron chi connectivity index (χ0n) is 20.5. The Morgan fingerprint density at radius 2 is 1.65 bits per heavy atom. The Labute approximate surface area is 201 Å². The van der Waals surface area contributed by atoms with E-state index in [-0.39, 0.29) is 30.0 Å². The second-order valence-corrected chi connectivity index (χ2v) is 9.65. The first-order valence-corrected chi connectivity index (χ1v) is 11.4. The molecule has 3 N–H and O–H groups in total. The predicted molar refractivity (Wildman–Crippen MR) is 125 cm³/mol. The molecule has 1 aromatic rings. The van der Waals surface area contributed by atoms with Crippen molar-refractivity contribution in [2.24, 2.45) is 0 Å². The van der Waals surface area contributed by atoms with Gasteiger partial charge in [-0.05, 0) is 46.6 Å². The summed E-state index contributed by atoms with van der Waals surface area (Å²) in [4.78, 5) is 19.1. The van der Waals surface area contributed by atoms with Gasteiger partial charge in [-0.1, -0.05) is 30.3 Å². The monoisotopic (exact) mass is 479 g/mol. The van der Waals surface area contributed by atoms with E-state index >= 15 is 0 Å². The fourth-order valence-corrected chi connectivity index (χ4v) is 3.83. The van der Waals surface area contributed by atoms with Crippen LogP contribution in [0.5, 0.6) is 0 Å². The van der Waals surface area contributed by atoms with Crippen LogP contribution >= 0.6 is 0 Å². The lowest BCUT2D eigenvalue weighted by atomic mass is 10.1. The summed E-state index contributed by atoms with van der Waals surface area (Å²) >= 11 is 0. The first-order chi connectivity index (χ1) is 15.9. The maximum Gasteiger partial charge on any atom is 0.328 e. The van der Waals surface area contributed by atoms with Crippen LogP contribution in [-0.4, -0.2) is 71.1 Å². The van der Waals surface area contributed by atoms with E-state index in [4.69, 9.17) is 29.2 Å². The molecule has 1 heterocycles. The first kappa shape index (κ1) is 27.9. The average molecular weight is 480 g/mol. The number of aliphatic carboxylic acids is 2. The van der Waals surface area contributed by atoms with Crippen molar-refractivity contribution in [2.75, 3.05) is 13.2 Å². The molecular weight excluding hydrogens is 442 g/mol. The van der Waals surface area contributed by atoms with Gasteiger partial charge in [-0.25, -0.2) is 9.59 Å². The van der Waals surface area contributed by atoms with Crippen molar-refractivity contribution in [1.29, 1.82) is 0 Å². The van der Waals surface area contributed by atoms with Gasteiger partial charge in [-0.2, -0.15) is 0 Å². The van der Waals surface area contributed by atoms with Crippen LogP contribution in [0.1, 0.15) is 46.6 Å². The third-order valence-corrected chi connectivity index (χ3v) is 5.14. The Morgan fingerprint density at radius 3 is 2.21 bits per heavy atom. The van der Waals surface area contributed by atoms with Crippen molar-refractivity contribution >= 4 is 11.9 Å². The van der Waals surface area contributed by atoms with Gasteiger partial charge in [0.1, 0.15) is 12.2 Å². The molecular formula is C25H37NO8. The molecule has 9 nitrogen and oxygen atoms in total. The summed E-state index contributed by atoms with van der Waals surface area (Å²) < 4.78 is 24.2. The lowest BCUT2D eigenvalue weighted by molar-refractivity contribution is -0.170. The van der Waals surface area contributed by atoms with E-state index in [1.165, 1.54) is 5.56 Å². The highest BCUT2D eigenvalue weighted by Gasteiger charge is 2.54. The van der Waals surface area contributed by atoms with E-state index in [0.29, 0.717) is 25.4 Å². The summed E-state index contributed by atoms with van der Waals surface area (Å²) in [6.45, 7) is 12.1. The van der Waals surface area contributed by atoms with Crippen LogP contribution in [0.25, 0.3) is 0 Å². The SMILES string of the molecule is CC(C)(C)OCCO[C@H]1C[C@@H](NCc2ccccc2)[C@@H]2OC(C)(C)O[C@@H]21.O=C(O)/C=C/C(=O)O. The highest BCUT2D eigenvalue weighted by Crippen LogP contribution is 2.39. The smallest absolute Gasteiger partial charge is 0.328 e. The molecule has 1 saturated carbocycles. The molecule has 2 fully saturated rings. The Morgan fingerprint density at radius 1 is 1.06 bits per heavy atom. The molecule has 0 radical (unpaired) electrons. The Kier molecular flexibility index (Phi) is 10.2. The molecule has 1 saturated heterocycles. The molecule has 0 amide bonds. The molecule has 0 aromatic heterocycles. The van der Waals surface area contributed by atoms with Crippen molar-refractivity contribution in [1.82, 2.24) is 5.32 Å².